The number of hydrogen-bond acceptors (Lipinski definition) is 3. The zero-order valence-corrected chi connectivity index (χ0v) is 16.5. The van der Waals surface area contributed by atoms with E-state index in [9.17, 15) is 14.7 Å². The molecule has 148 valence electrons. The molecule has 0 aromatic carbocycles. The predicted octanol–water partition coefficient (Wildman–Crippen LogP) is 3.97. The second-order valence-electron chi connectivity index (χ2n) is 10.7. The molecule has 0 bridgehead atoms. The molecule has 0 saturated heterocycles. The number of rotatable bonds is 3. The third kappa shape index (κ3) is 2.25. The largest absolute Gasteiger partial charge is 0.481 e. The Bertz CT molecular complexity index is 741. The number of carbonyl (C=O) groups excluding carboxylic acids is 1. The summed E-state index contributed by atoms with van der Waals surface area (Å²) in [7, 11) is 0. The van der Waals surface area contributed by atoms with Crippen LogP contribution in [-0.4, -0.2) is 27.6 Å². The Kier molecular flexibility index (Phi) is 3.62. The van der Waals surface area contributed by atoms with E-state index in [1.165, 1.54) is 12.0 Å². The van der Waals surface area contributed by atoms with Crippen molar-refractivity contribution in [2.24, 2.45) is 40.4 Å². The van der Waals surface area contributed by atoms with E-state index in [1.54, 1.807) is 0 Å². The van der Waals surface area contributed by atoms with Crippen LogP contribution in [0.4, 0.5) is 0 Å². The number of aliphatic carboxylic acids is 1. The molecule has 0 spiro atoms. The first kappa shape index (κ1) is 17.9. The summed E-state index contributed by atoms with van der Waals surface area (Å²) in [5.41, 5.74) is 0.635. The van der Waals surface area contributed by atoms with Crippen LogP contribution in [0.25, 0.3) is 0 Å². The molecule has 4 nitrogen and oxygen atoms in total. The molecule has 0 aliphatic heterocycles. The van der Waals surface area contributed by atoms with E-state index in [-0.39, 0.29) is 17.3 Å². The highest BCUT2D eigenvalue weighted by molar-refractivity contribution is 5.92. The maximum atomic E-state index is 12.1. The second-order valence-corrected chi connectivity index (χ2v) is 10.7. The normalized spacial score (nSPS) is 52.9. The Balaban J connectivity index is 1.48. The van der Waals surface area contributed by atoms with Crippen molar-refractivity contribution in [1.82, 2.24) is 0 Å². The van der Waals surface area contributed by atoms with Crippen molar-refractivity contribution in [3.63, 3.8) is 0 Å². The summed E-state index contributed by atoms with van der Waals surface area (Å²) in [6.07, 6.45) is 9.22. The molecule has 3 unspecified atom stereocenters. The summed E-state index contributed by atoms with van der Waals surface area (Å²) < 4.78 is 0. The lowest BCUT2D eigenvalue weighted by molar-refractivity contribution is -0.148. The molecule has 27 heavy (non-hydrogen) atoms. The number of carboxylic acid groups (broad SMARTS) is 1. The van der Waals surface area contributed by atoms with Gasteiger partial charge in [-0.25, -0.2) is 0 Å². The summed E-state index contributed by atoms with van der Waals surface area (Å²) in [6, 6.07) is 0. The standard InChI is InChI=1S/C23H32O4/c1-21-7-3-13(24)11-18(21)14-12-15(14)20-16(21)4-8-22(2)17(20)5-9-23(22,27)10-6-19(25)26/h11,14-17,20,27H,3-10,12H2,1-2H3,(H,25,26)/t14-,15+,16?,17?,20?,21-,22+,23-/m1/s1. The van der Waals surface area contributed by atoms with Crippen molar-refractivity contribution in [1.29, 1.82) is 0 Å². The topological polar surface area (TPSA) is 74.6 Å². The average Bonchev–Trinajstić information content (AvgIpc) is 3.35. The van der Waals surface area contributed by atoms with Crippen molar-refractivity contribution >= 4 is 11.8 Å². The van der Waals surface area contributed by atoms with Crippen molar-refractivity contribution in [3.05, 3.63) is 11.6 Å². The van der Waals surface area contributed by atoms with Gasteiger partial charge in [-0.3, -0.25) is 9.59 Å². The van der Waals surface area contributed by atoms with Crippen LogP contribution < -0.4 is 0 Å². The molecular formula is C23H32O4. The number of allylic oxidation sites excluding steroid dienone is 1. The minimum absolute atomic E-state index is 0.0612. The molecule has 2 N–H and O–H groups in total. The predicted molar refractivity (Wildman–Crippen MR) is 101 cm³/mol. The lowest BCUT2D eigenvalue weighted by atomic mass is 9.46. The van der Waals surface area contributed by atoms with E-state index in [1.807, 2.05) is 6.08 Å². The molecule has 5 aliphatic carbocycles. The first-order chi connectivity index (χ1) is 12.7. The Morgan fingerprint density at radius 1 is 1.19 bits per heavy atom. The van der Waals surface area contributed by atoms with Gasteiger partial charge in [-0.15, -0.1) is 0 Å². The Morgan fingerprint density at radius 2 is 1.93 bits per heavy atom. The number of fused-ring (bicyclic) bond motifs is 8. The number of carbonyl (C=O) groups is 2. The van der Waals surface area contributed by atoms with Crippen LogP contribution in [0.2, 0.25) is 0 Å². The van der Waals surface area contributed by atoms with E-state index in [2.05, 4.69) is 13.8 Å². The zero-order valence-electron chi connectivity index (χ0n) is 16.5. The summed E-state index contributed by atoms with van der Waals surface area (Å²) in [5, 5.41) is 20.6. The van der Waals surface area contributed by atoms with Gasteiger partial charge in [0, 0.05) is 12.8 Å². The van der Waals surface area contributed by atoms with Crippen LogP contribution in [0.1, 0.15) is 71.6 Å². The summed E-state index contributed by atoms with van der Waals surface area (Å²) in [4.78, 5) is 23.2. The van der Waals surface area contributed by atoms with Crippen molar-refractivity contribution < 1.29 is 19.8 Å². The molecule has 4 saturated carbocycles. The van der Waals surface area contributed by atoms with Gasteiger partial charge in [0.2, 0.25) is 0 Å². The summed E-state index contributed by atoms with van der Waals surface area (Å²) in [5.74, 6) is 2.56. The van der Waals surface area contributed by atoms with Crippen LogP contribution in [0.15, 0.2) is 11.6 Å². The van der Waals surface area contributed by atoms with Gasteiger partial charge >= 0.3 is 5.97 Å². The van der Waals surface area contributed by atoms with Crippen LogP contribution in [-0.2, 0) is 9.59 Å². The van der Waals surface area contributed by atoms with E-state index in [0.717, 1.165) is 32.1 Å². The molecule has 0 amide bonds. The van der Waals surface area contributed by atoms with Gasteiger partial charge < -0.3 is 10.2 Å². The van der Waals surface area contributed by atoms with Gasteiger partial charge in [-0.1, -0.05) is 19.4 Å². The SMILES string of the molecule is C[C@]12CCC(=O)C=C1[C@@H]1C[C@@H]1C1C2CC[C@@]2(C)C1CC[C@@]2(O)CCC(=O)O. The molecule has 4 fully saturated rings. The van der Waals surface area contributed by atoms with E-state index in [0.29, 0.717) is 48.2 Å². The number of ketones is 1. The molecule has 0 aromatic rings. The maximum Gasteiger partial charge on any atom is 0.303 e. The third-order valence-corrected chi connectivity index (χ3v) is 9.83. The zero-order chi connectivity index (χ0) is 19.2. The van der Waals surface area contributed by atoms with Gasteiger partial charge in [-0.2, -0.15) is 0 Å². The fourth-order valence-electron chi connectivity index (χ4n) is 8.24. The summed E-state index contributed by atoms with van der Waals surface area (Å²) in [6.45, 7) is 4.66. The van der Waals surface area contributed by atoms with Gasteiger partial charge in [0.25, 0.3) is 0 Å². The molecule has 0 heterocycles. The van der Waals surface area contributed by atoms with Crippen molar-refractivity contribution in [3.8, 4) is 0 Å². The molecule has 0 radical (unpaired) electrons. The minimum atomic E-state index is -0.828. The quantitative estimate of drug-likeness (QED) is 0.786. The fourth-order valence-corrected chi connectivity index (χ4v) is 8.24. The van der Waals surface area contributed by atoms with Crippen LogP contribution in [0.5, 0.6) is 0 Å². The van der Waals surface area contributed by atoms with E-state index in [4.69, 9.17) is 5.11 Å². The molecule has 4 heteroatoms. The monoisotopic (exact) mass is 372 g/mol. The van der Waals surface area contributed by atoms with Crippen LogP contribution in [0.3, 0.4) is 0 Å². The lowest BCUT2D eigenvalue weighted by Crippen LogP contribution is -2.55. The maximum absolute atomic E-state index is 12.1. The molecule has 5 aliphatic rings. The Labute approximate surface area is 161 Å². The Morgan fingerprint density at radius 3 is 2.67 bits per heavy atom. The lowest BCUT2D eigenvalue weighted by Gasteiger charge is -2.59. The Hall–Kier alpha value is -1.16. The summed E-state index contributed by atoms with van der Waals surface area (Å²) >= 11 is 0. The first-order valence-electron chi connectivity index (χ1n) is 10.9. The van der Waals surface area contributed by atoms with Crippen LogP contribution in [0, 0.1) is 40.4 Å². The second kappa shape index (κ2) is 5.46. The highest BCUT2D eigenvalue weighted by atomic mass is 16.4. The van der Waals surface area contributed by atoms with Gasteiger partial charge in [0.15, 0.2) is 5.78 Å². The first-order valence-corrected chi connectivity index (χ1v) is 10.9. The number of carboxylic acids is 1. The van der Waals surface area contributed by atoms with E-state index < -0.39 is 11.6 Å². The number of aliphatic hydroxyl groups is 1. The van der Waals surface area contributed by atoms with Crippen LogP contribution >= 0.6 is 0 Å². The van der Waals surface area contributed by atoms with E-state index >= 15 is 0 Å². The average molecular weight is 373 g/mol. The smallest absolute Gasteiger partial charge is 0.303 e. The number of hydrogen-bond donors (Lipinski definition) is 2. The molecular weight excluding hydrogens is 340 g/mol. The highest BCUT2D eigenvalue weighted by Crippen LogP contribution is 2.75. The molecule has 5 rings (SSSR count). The molecule has 8 atom stereocenters. The van der Waals surface area contributed by atoms with Gasteiger partial charge in [0.05, 0.1) is 5.60 Å². The minimum Gasteiger partial charge on any atom is -0.481 e. The highest BCUT2D eigenvalue weighted by Gasteiger charge is 2.69. The molecule has 0 aromatic heterocycles. The van der Waals surface area contributed by atoms with Gasteiger partial charge in [-0.05, 0) is 91.4 Å². The van der Waals surface area contributed by atoms with Crippen molar-refractivity contribution in [2.45, 2.75) is 77.2 Å². The van der Waals surface area contributed by atoms with Gasteiger partial charge in [0.1, 0.15) is 0 Å². The van der Waals surface area contributed by atoms with Crippen molar-refractivity contribution in [2.75, 3.05) is 0 Å². The fraction of sp³-hybridized carbons (Fsp3) is 0.826. The third-order valence-electron chi connectivity index (χ3n) is 9.83.